The number of amides is 1. The Morgan fingerprint density at radius 1 is 1.40 bits per heavy atom. The van der Waals surface area contributed by atoms with Gasteiger partial charge in [-0.2, -0.15) is 0 Å². The van der Waals surface area contributed by atoms with Crippen LogP contribution in [0.4, 0.5) is 4.39 Å². The third-order valence-corrected chi connectivity index (χ3v) is 2.66. The van der Waals surface area contributed by atoms with Crippen LogP contribution < -0.4 is 10.1 Å². The zero-order chi connectivity index (χ0) is 15.3. The van der Waals surface area contributed by atoms with Crippen LogP contribution in [0.3, 0.4) is 0 Å². The first-order valence-electron chi connectivity index (χ1n) is 6.20. The van der Waals surface area contributed by atoms with Gasteiger partial charge in [0.15, 0.2) is 17.6 Å². The van der Waals surface area contributed by atoms with E-state index < -0.39 is 17.8 Å². The Morgan fingerprint density at radius 2 is 2.05 bits per heavy atom. The largest absolute Gasteiger partial charge is 0.494 e. The number of rotatable bonds is 6. The summed E-state index contributed by atoms with van der Waals surface area (Å²) in [6, 6.07) is 2.51. The van der Waals surface area contributed by atoms with Crippen LogP contribution in [0.2, 0.25) is 0 Å². The van der Waals surface area contributed by atoms with Crippen molar-refractivity contribution >= 4 is 11.9 Å². The van der Waals surface area contributed by atoms with Crippen LogP contribution in [0, 0.1) is 11.7 Å². The first kappa shape index (κ1) is 15.9. The lowest BCUT2D eigenvalue weighted by atomic mass is 10.1. The highest BCUT2D eigenvalue weighted by molar-refractivity contribution is 5.84. The third-order valence-electron chi connectivity index (χ3n) is 2.66. The van der Waals surface area contributed by atoms with Gasteiger partial charge in [-0.1, -0.05) is 19.9 Å². The molecule has 0 aliphatic rings. The molecule has 0 aliphatic heterocycles. The molecule has 1 rings (SSSR count). The van der Waals surface area contributed by atoms with E-state index in [-0.39, 0.29) is 29.6 Å². The number of methoxy groups -OCH3 is 1. The number of carbonyl (C=O) groups is 2. The Bertz CT molecular complexity index is 502. The average Bonchev–Trinajstić information content (AvgIpc) is 2.34. The van der Waals surface area contributed by atoms with Crippen molar-refractivity contribution in [3.63, 3.8) is 0 Å². The van der Waals surface area contributed by atoms with Crippen molar-refractivity contribution < 1.29 is 23.8 Å². The van der Waals surface area contributed by atoms with E-state index in [1.54, 1.807) is 0 Å². The minimum Gasteiger partial charge on any atom is -0.494 e. The molecular formula is C14H18FNO4. The van der Waals surface area contributed by atoms with Crippen molar-refractivity contribution in [2.45, 2.75) is 26.3 Å². The van der Waals surface area contributed by atoms with Gasteiger partial charge in [0.05, 0.1) is 7.11 Å². The summed E-state index contributed by atoms with van der Waals surface area (Å²) >= 11 is 0. The fraction of sp³-hybridized carbons (Fsp3) is 0.429. The Hall–Kier alpha value is -2.11. The maximum atomic E-state index is 13.6. The summed E-state index contributed by atoms with van der Waals surface area (Å²) in [5.41, 5.74) is 0.160. The molecular weight excluding hydrogens is 265 g/mol. The minimum atomic E-state index is -1.28. The number of carboxylic acids is 1. The maximum absolute atomic E-state index is 13.6. The Kier molecular flexibility index (Phi) is 5.49. The van der Waals surface area contributed by atoms with E-state index in [1.807, 2.05) is 13.8 Å². The molecule has 1 atom stereocenters. The van der Waals surface area contributed by atoms with Gasteiger partial charge in [-0.15, -0.1) is 0 Å². The van der Waals surface area contributed by atoms with E-state index in [1.165, 1.54) is 19.2 Å². The van der Waals surface area contributed by atoms with Crippen molar-refractivity contribution in [2.75, 3.05) is 7.11 Å². The molecule has 1 amide bonds. The Labute approximate surface area is 116 Å². The highest BCUT2D eigenvalue weighted by atomic mass is 19.1. The minimum absolute atomic E-state index is 0.0198. The second kappa shape index (κ2) is 6.88. The van der Waals surface area contributed by atoms with Crippen LogP contribution >= 0.6 is 0 Å². The topological polar surface area (TPSA) is 75.6 Å². The monoisotopic (exact) mass is 283 g/mol. The van der Waals surface area contributed by atoms with E-state index in [0.717, 1.165) is 6.07 Å². The van der Waals surface area contributed by atoms with Gasteiger partial charge in [-0.25, -0.2) is 9.18 Å². The molecule has 20 heavy (non-hydrogen) atoms. The number of hydrogen-bond donors (Lipinski definition) is 2. The Morgan fingerprint density at radius 3 is 2.50 bits per heavy atom. The molecule has 110 valence electrons. The highest BCUT2D eigenvalue weighted by Gasteiger charge is 2.23. The predicted molar refractivity (Wildman–Crippen MR) is 70.9 cm³/mol. The number of benzene rings is 1. The van der Waals surface area contributed by atoms with Gasteiger partial charge >= 0.3 is 5.97 Å². The number of nitrogens with one attached hydrogen (secondary N) is 1. The van der Waals surface area contributed by atoms with Crippen LogP contribution in [-0.2, 0) is 9.59 Å². The first-order valence-corrected chi connectivity index (χ1v) is 6.20. The summed E-state index contributed by atoms with van der Waals surface area (Å²) in [6.07, 6.45) is 0.211. The molecule has 0 saturated carbocycles. The lowest BCUT2D eigenvalue weighted by molar-refractivity contribution is -0.142. The molecule has 0 aromatic heterocycles. The average molecular weight is 283 g/mol. The van der Waals surface area contributed by atoms with Crippen molar-refractivity contribution in [3.05, 3.63) is 29.6 Å². The number of hydrogen-bond acceptors (Lipinski definition) is 3. The van der Waals surface area contributed by atoms with Gasteiger partial charge in [-0.3, -0.25) is 4.79 Å². The molecule has 6 heteroatoms. The van der Waals surface area contributed by atoms with Crippen molar-refractivity contribution in [2.24, 2.45) is 5.92 Å². The Balaban J connectivity index is 2.94. The molecule has 1 aromatic carbocycles. The molecule has 2 N–H and O–H groups in total. The third kappa shape index (κ3) is 4.22. The summed E-state index contributed by atoms with van der Waals surface area (Å²) in [4.78, 5) is 22.9. The van der Waals surface area contributed by atoms with E-state index in [2.05, 4.69) is 5.32 Å². The van der Waals surface area contributed by atoms with E-state index in [0.29, 0.717) is 0 Å². The molecule has 5 nitrogen and oxygen atoms in total. The number of ether oxygens (including phenoxy) is 1. The fourth-order valence-electron chi connectivity index (χ4n) is 1.74. The highest BCUT2D eigenvalue weighted by Crippen LogP contribution is 2.22. The van der Waals surface area contributed by atoms with Crippen molar-refractivity contribution in [1.82, 2.24) is 5.32 Å². The van der Waals surface area contributed by atoms with E-state index >= 15 is 0 Å². The summed E-state index contributed by atoms with van der Waals surface area (Å²) in [7, 11) is 1.32. The standard InChI is InChI=1S/C14H18FNO4/c1-8(2)6-12(17)16-13(14(18)19)9-4-5-11(20-3)10(15)7-9/h4-5,7-8,13H,6H2,1-3H3,(H,16,17)(H,18,19). The summed E-state index contributed by atoms with van der Waals surface area (Å²) in [6.45, 7) is 3.70. The molecule has 1 unspecified atom stereocenters. The number of halogens is 1. The van der Waals surface area contributed by atoms with Crippen LogP contribution in [0.15, 0.2) is 18.2 Å². The normalized spacial score (nSPS) is 12.1. The lowest BCUT2D eigenvalue weighted by Crippen LogP contribution is -2.34. The van der Waals surface area contributed by atoms with Crippen LogP contribution in [0.5, 0.6) is 5.75 Å². The van der Waals surface area contributed by atoms with E-state index in [9.17, 15) is 14.0 Å². The number of carbonyl (C=O) groups excluding carboxylic acids is 1. The van der Waals surface area contributed by atoms with Gasteiger partial charge in [0.25, 0.3) is 0 Å². The van der Waals surface area contributed by atoms with Crippen molar-refractivity contribution in [3.8, 4) is 5.75 Å². The summed E-state index contributed by atoms with van der Waals surface area (Å²) in [5.74, 6) is -2.17. The molecule has 0 saturated heterocycles. The SMILES string of the molecule is COc1ccc(C(NC(=O)CC(C)C)C(=O)O)cc1F. The smallest absolute Gasteiger partial charge is 0.330 e. The zero-order valence-electron chi connectivity index (χ0n) is 11.6. The molecule has 0 heterocycles. The zero-order valence-corrected chi connectivity index (χ0v) is 11.6. The van der Waals surface area contributed by atoms with Crippen LogP contribution in [0.1, 0.15) is 31.9 Å². The van der Waals surface area contributed by atoms with Gasteiger partial charge in [0.2, 0.25) is 5.91 Å². The van der Waals surface area contributed by atoms with Crippen molar-refractivity contribution in [1.29, 1.82) is 0 Å². The van der Waals surface area contributed by atoms with Gasteiger partial charge in [0.1, 0.15) is 0 Å². The van der Waals surface area contributed by atoms with Crippen LogP contribution in [-0.4, -0.2) is 24.1 Å². The van der Waals surface area contributed by atoms with Gasteiger partial charge in [-0.05, 0) is 23.6 Å². The fourth-order valence-corrected chi connectivity index (χ4v) is 1.74. The lowest BCUT2D eigenvalue weighted by Gasteiger charge is -2.16. The summed E-state index contributed by atoms with van der Waals surface area (Å²) in [5, 5.41) is 11.5. The second-order valence-electron chi connectivity index (χ2n) is 4.83. The number of aliphatic carboxylic acids is 1. The molecule has 0 spiro atoms. The quantitative estimate of drug-likeness (QED) is 0.838. The molecule has 0 aliphatic carbocycles. The molecule has 0 radical (unpaired) electrons. The summed E-state index contributed by atoms with van der Waals surface area (Å²) < 4.78 is 18.4. The second-order valence-corrected chi connectivity index (χ2v) is 4.83. The molecule has 1 aromatic rings. The van der Waals surface area contributed by atoms with Crippen LogP contribution in [0.25, 0.3) is 0 Å². The molecule has 0 bridgehead atoms. The number of carboxylic acid groups (broad SMARTS) is 1. The molecule has 0 fully saturated rings. The maximum Gasteiger partial charge on any atom is 0.330 e. The predicted octanol–water partition coefficient (Wildman–Crippen LogP) is 2.12. The van der Waals surface area contributed by atoms with Gasteiger partial charge in [0, 0.05) is 6.42 Å². The first-order chi connectivity index (χ1) is 9.35. The van der Waals surface area contributed by atoms with Gasteiger partial charge < -0.3 is 15.2 Å². The van der Waals surface area contributed by atoms with E-state index in [4.69, 9.17) is 9.84 Å².